The van der Waals surface area contributed by atoms with Gasteiger partial charge >= 0.3 is 0 Å². The average molecular weight is 385 g/mol. The molecule has 19 heavy (non-hydrogen) atoms. The zero-order chi connectivity index (χ0) is 13.5. The van der Waals surface area contributed by atoms with Gasteiger partial charge in [-0.2, -0.15) is 0 Å². The summed E-state index contributed by atoms with van der Waals surface area (Å²) in [6, 6.07) is 6.20. The molecular formula is C14H15Br2N3. The van der Waals surface area contributed by atoms with E-state index in [-0.39, 0.29) is 5.41 Å². The van der Waals surface area contributed by atoms with Gasteiger partial charge in [0.05, 0.1) is 12.0 Å². The van der Waals surface area contributed by atoms with Gasteiger partial charge in [-0.3, -0.25) is 0 Å². The van der Waals surface area contributed by atoms with E-state index in [1.165, 1.54) is 5.69 Å². The summed E-state index contributed by atoms with van der Waals surface area (Å²) in [5.74, 6) is 0. The topological polar surface area (TPSA) is 29.9 Å². The average Bonchev–Trinajstić information content (AvgIpc) is 3.01. The third-order valence-electron chi connectivity index (χ3n) is 3.79. The minimum Gasteiger partial charge on any atom is -0.316 e. The van der Waals surface area contributed by atoms with Gasteiger partial charge in [0.2, 0.25) is 0 Å². The van der Waals surface area contributed by atoms with Gasteiger partial charge in [-0.05, 0) is 47.1 Å². The van der Waals surface area contributed by atoms with Crippen LogP contribution in [0.1, 0.15) is 19.0 Å². The molecule has 0 bridgehead atoms. The molecule has 1 aromatic carbocycles. The molecule has 5 heteroatoms. The largest absolute Gasteiger partial charge is 0.316 e. The second-order valence-electron chi connectivity index (χ2n) is 5.23. The Bertz CT molecular complexity index is 600. The molecule has 0 aliphatic carbocycles. The minimum absolute atomic E-state index is 0.151. The Kier molecular flexibility index (Phi) is 3.53. The predicted molar refractivity (Wildman–Crippen MR) is 83.8 cm³/mol. The van der Waals surface area contributed by atoms with Crippen molar-refractivity contribution in [3.63, 3.8) is 0 Å². The lowest BCUT2D eigenvalue weighted by Crippen LogP contribution is -2.27. The Morgan fingerprint density at radius 1 is 1.37 bits per heavy atom. The molecule has 1 fully saturated rings. The molecule has 1 N–H and O–H groups in total. The Labute approximate surface area is 129 Å². The molecule has 2 heterocycles. The first-order chi connectivity index (χ1) is 9.10. The molecule has 0 spiro atoms. The first-order valence-electron chi connectivity index (χ1n) is 6.29. The number of halogens is 2. The highest BCUT2D eigenvalue weighted by Crippen LogP contribution is 2.34. The molecule has 0 amide bonds. The van der Waals surface area contributed by atoms with E-state index in [9.17, 15) is 0 Å². The predicted octanol–water partition coefficient (Wildman–Crippen LogP) is 3.65. The van der Waals surface area contributed by atoms with E-state index in [1.54, 1.807) is 0 Å². The maximum Gasteiger partial charge on any atom is 0.0994 e. The summed E-state index contributed by atoms with van der Waals surface area (Å²) in [4.78, 5) is 4.36. The SMILES string of the molecule is CC1(c2cncn2-c2cc(Br)ccc2Br)CCNC1. The molecule has 1 aromatic heterocycles. The van der Waals surface area contributed by atoms with Crippen LogP contribution < -0.4 is 5.32 Å². The third-order valence-corrected chi connectivity index (χ3v) is 4.96. The van der Waals surface area contributed by atoms with Gasteiger partial charge < -0.3 is 9.88 Å². The van der Waals surface area contributed by atoms with Crippen molar-refractivity contribution < 1.29 is 0 Å². The first-order valence-corrected chi connectivity index (χ1v) is 7.88. The molecule has 2 aromatic rings. The molecule has 3 nitrogen and oxygen atoms in total. The monoisotopic (exact) mass is 383 g/mol. The van der Waals surface area contributed by atoms with Crippen molar-refractivity contribution in [3.05, 3.63) is 45.4 Å². The van der Waals surface area contributed by atoms with Gasteiger partial charge in [0.25, 0.3) is 0 Å². The van der Waals surface area contributed by atoms with Crippen LogP contribution in [0.25, 0.3) is 5.69 Å². The van der Waals surface area contributed by atoms with Gasteiger partial charge in [0, 0.05) is 32.8 Å². The first kappa shape index (κ1) is 13.3. The minimum atomic E-state index is 0.151. The molecule has 1 atom stereocenters. The van der Waals surface area contributed by atoms with Crippen molar-refractivity contribution >= 4 is 31.9 Å². The Morgan fingerprint density at radius 2 is 2.21 bits per heavy atom. The second kappa shape index (κ2) is 5.04. The summed E-state index contributed by atoms with van der Waals surface area (Å²) < 4.78 is 4.33. The highest BCUT2D eigenvalue weighted by molar-refractivity contribution is 9.11. The molecule has 3 rings (SSSR count). The summed E-state index contributed by atoms with van der Waals surface area (Å²) in [7, 11) is 0. The van der Waals surface area contributed by atoms with Crippen LogP contribution in [0.15, 0.2) is 39.7 Å². The van der Waals surface area contributed by atoms with E-state index in [0.29, 0.717) is 0 Å². The van der Waals surface area contributed by atoms with Crippen LogP contribution >= 0.6 is 31.9 Å². The molecule has 1 aliphatic rings. The van der Waals surface area contributed by atoms with Crippen LogP contribution in [-0.4, -0.2) is 22.6 Å². The highest BCUT2D eigenvalue weighted by atomic mass is 79.9. The maximum absolute atomic E-state index is 4.36. The number of nitrogens with one attached hydrogen (secondary N) is 1. The van der Waals surface area contributed by atoms with Gasteiger partial charge in [-0.1, -0.05) is 22.9 Å². The number of nitrogens with zero attached hydrogens (tertiary/aromatic N) is 2. The van der Waals surface area contributed by atoms with Crippen LogP contribution in [0.2, 0.25) is 0 Å². The summed E-state index contributed by atoms with van der Waals surface area (Å²) in [6.45, 7) is 4.37. The van der Waals surface area contributed by atoms with Gasteiger partial charge in [-0.25, -0.2) is 4.98 Å². The van der Waals surface area contributed by atoms with E-state index in [1.807, 2.05) is 18.6 Å². The van der Waals surface area contributed by atoms with E-state index in [0.717, 1.165) is 34.1 Å². The Morgan fingerprint density at radius 3 is 2.95 bits per heavy atom. The van der Waals surface area contributed by atoms with Gasteiger partial charge in [0.1, 0.15) is 0 Å². The fraction of sp³-hybridized carbons (Fsp3) is 0.357. The Balaban J connectivity index is 2.12. The lowest BCUT2D eigenvalue weighted by atomic mass is 9.86. The number of benzene rings is 1. The van der Waals surface area contributed by atoms with Crippen LogP contribution in [-0.2, 0) is 5.41 Å². The van der Waals surface area contributed by atoms with Crippen LogP contribution in [0.5, 0.6) is 0 Å². The van der Waals surface area contributed by atoms with Gasteiger partial charge in [-0.15, -0.1) is 0 Å². The molecule has 1 aliphatic heterocycles. The highest BCUT2D eigenvalue weighted by Gasteiger charge is 2.33. The maximum atomic E-state index is 4.36. The van der Waals surface area contributed by atoms with Crippen LogP contribution in [0.4, 0.5) is 0 Å². The number of aromatic nitrogens is 2. The molecule has 1 unspecified atom stereocenters. The zero-order valence-corrected chi connectivity index (χ0v) is 13.8. The van der Waals surface area contributed by atoms with E-state index < -0.39 is 0 Å². The van der Waals surface area contributed by atoms with Crippen molar-refractivity contribution in [2.75, 3.05) is 13.1 Å². The van der Waals surface area contributed by atoms with Crippen molar-refractivity contribution in [1.82, 2.24) is 14.9 Å². The standard InChI is InChI=1S/C14H15Br2N3/c1-14(4-5-17-8-14)13-7-18-9-19(13)12-6-10(15)2-3-11(12)16/h2-3,6-7,9,17H,4-5,8H2,1H3. The lowest BCUT2D eigenvalue weighted by molar-refractivity contribution is 0.498. The normalized spacial score (nSPS) is 22.9. The summed E-state index contributed by atoms with van der Waals surface area (Å²) in [5.41, 5.74) is 2.53. The summed E-state index contributed by atoms with van der Waals surface area (Å²) >= 11 is 7.16. The lowest BCUT2D eigenvalue weighted by Gasteiger charge is -2.24. The number of hydrogen-bond acceptors (Lipinski definition) is 2. The smallest absolute Gasteiger partial charge is 0.0994 e. The molecule has 0 saturated carbocycles. The molecule has 1 saturated heterocycles. The van der Waals surface area contributed by atoms with Crippen LogP contribution in [0.3, 0.4) is 0 Å². The van der Waals surface area contributed by atoms with Crippen molar-refractivity contribution in [2.45, 2.75) is 18.8 Å². The fourth-order valence-corrected chi connectivity index (χ4v) is 3.43. The van der Waals surface area contributed by atoms with E-state index >= 15 is 0 Å². The number of rotatable bonds is 2. The number of hydrogen-bond donors (Lipinski definition) is 1. The van der Waals surface area contributed by atoms with Crippen molar-refractivity contribution in [1.29, 1.82) is 0 Å². The quantitative estimate of drug-likeness (QED) is 0.856. The van der Waals surface area contributed by atoms with Crippen LogP contribution in [0, 0.1) is 0 Å². The van der Waals surface area contributed by atoms with Gasteiger partial charge in [0.15, 0.2) is 0 Å². The molecule has 100 valence electrons. The van der Waals surface area contributed by atoms with E-state index in [4.69, 9.17) is 0 Å². The van der Waals surface area contributed by atoms with Crippen molar-refractivity contribution in [2.24, 2.45) is 0 Å². The van der Waals surface area contributed by atoms with Crippen molar-refractivity contribution in [3.8, 4) is 5.69 Å². The molecule has 0 radical (unpaired) electrons. The second-order valence-corrected chi connectivity index (χ2v) is 7.00. The Hall–Kier alpha value is -0.650. The third kappa shape index (κ3) is 2.39. The summed E-state index contributed by atoms with van der Waals surface area (Å²) in [6.07, 6.45) is 5.02. The fourth-order valence-electron chi connectivity index (χ4n) is 2.64. The zero-order valence-electron chi connectivity index (χ0n) is 10.7. The number of imidazole rings is 1. The summed E-state index contributed by atoms with van der Waals surface area (Å²) in [5, 5.41) is 3.44. The molecular weight excluding hydrogens is 370 g/mol. The van der Waals surface area contributed by atoms with E-state index in [2.05, 4.69) is 65.8 Å².